The third kappa shape index (κ3) is 3.19. The van der Waals surface area contributed by atoms with Crippen molar-refractivity contribution in [2.24, 2.45) is 0 Å². The van der Waals surface area contributed by atoms with Gasteiger partial charge in [0.2, 0.25) is 5.91 Å². The summed E-state index contributed by atoms with van der Waals surface area (Å²) in [6, 6.07) is 15.1. The number of aromatic nitrogens is 2. The molecule has 0 aliphatic heterocycles. The minimum absolute atomic E-state index is 0.0633. The predicted octanol–water partition coefficient (Wildman–Crippen LogP) is 4.26. The lowest BCUT2D eigenvalue weighted by Gasteiger charge is -2.08. The van der Waals surface area contributed by atoms with E-state index < -0.39 is 0 Å². The zero-order valence-corrected chi connectivity index (χ0v) is 15.0. The maximum Gasteiger partial charge on any atom is 0.230 e. The van der Waals surface area contributed by atoms with Crippen molar-refractivity contribution in [1.29, 1.82) is 0 Å². The molecular weight excluding hydrogens is 346 g/mol. The lowest BCUT2D eigenvalue weighted by molar-refractivity contribution is -0.115. The number of phenols is 1. The lowest BCUT2D eigenvalue weighted by Crippen LogP contribution is -2.15. The summed E-state index contributed by atoms with van der Waals surface area (Å²) in [7, 11) is 0. The fourth-order valence-electron chi connectivity index (χ4n) is 2.81. The van der Waals surface area contributed by atoms with E-state index in [0.717, 1.165) is 27.5 Å². The van der Waals surface area contributed by atoms with Crippen molar-refractivity contribution in [3.8, 4) is 17.0 Å². The molecule has 0 fully saturated rings. The molecule has 6 heteroatoms. The Morgan fingerprint density at radius 2 is 2.04 bits per heavy atom. The Morgan fingerprint density at radius 1 is 1.23 bits per heavy atom. The van der Waals surface area contributed by atoms with E-state index in [1.54, 1.807) is 18.2 Å². The number of nitrogens with zero attached hydrogens (tertiary/aromatic N) is 2. The van der Waals surface area contributed by atoms with Gasteiger partial charge >= 0.3 is 0 Å². The van der Waals surface area contributed by atoms with Crippen LogP contribution in [0.25, 0.3) is 16.2 Å². The highest BCUT2D eigenvalue weighted by atomic mass is 32.1. The second-order valence-electron chi connectivity index (χ2n) is 6.12. The highest BCUT2D eigenvalue weighted by Gasteiger charge is 2.13. The number of anilines is 1. The number of hydrogen-bond donors (Lipinski definition) is 2. The van der Waals surface area contributed by atoms with Crippen molar-refractivity contribution in [3.63, 3.8) is 0 Å². The number of carbonyl (C=O) groups excluding carboxylic acids is 1. The van der Waals surface area contributed by atoms with Gasteiger partial charge in [0.1, 0.15) is 5.75 Å². The number of fused-ring (bicyclic) bond motifs is 1. The van der Waals surface area contributed by atoms with Crippen LogP contribution >= 0.6 is 11.3 Å². The monoisotopic (exact) mass is 363 g/mol. The highest BCUT2D eigenvalue weighted by Crippen LogP contribution is 2.26. The number of phenolic OH excluding ortho intramolecular Hbond substituents is 1. The van der Waals surface area contributed by atoms with Gasteiger partial charge in [0.15, 0.2) is 4.96 Å². The molecule has 2 aromatic heterocycles. The molecule has 0 spiro atoms. The maximum atomic E-state index is 12.4. The van der Waals surface area contributed by atoms with Gasteiger partial charge in [-0.05, 0) is 24.6 Å². The molecule has 0 aliphatic rings. The molecule has 2 aromatic carbocycles. The van der Waals surface area contributed by atoms with Crippen molar-refractivity contribution in [1.82, 2.24) is 9.38 Å². The molecule has 130 valence electrons. The Balaban J connectivity index is 1.56. The number of amides is 1. The fourth-order valence-corrected chi connectivity index (χ4v) is 3.69. The number of carbonyl (C=O) groups is 1. The number of rotatable bonds is 4. The molecule has 0 saturated carbocycles. The Kier molecular flexibility index (Phi) is 4.18. The standard InChI is InChI=1S/C20H17N3O2S/c1-13-7-8-18(24)16(9-13)21-19(25)10-15-12-26-20-22-17(11-23(15)20)14-5-3-2-4-6-14/h2-9,11-12,24H,10H2,1H3,(H,21,25). The number of aromatic hydroxyl groups is 1. The van der Waals surface area contributed by atoms with Gasteiger partial charge in [0.05, 0.1) is 17.8 Å². The van der Waals surface area contributed by atoms with Crippen LogP contribution in [0.4, 0.5) is 5.69 Å². The van der Waals surface area contributed by atoms with Crippen LogP contribution in [0.3, 0.4) is 0 Å². The number of hydrogen-bond acceptors (Lipinski definition) is 4. The predicted molar refractivity (Wildman–Crippen MR) is 104 cm³/mol. The first-order chi connectivity index (χ1) is 12.6. The maximum absolute atomic E-state index is 12.4. The van der Waals surface area contributed by atoms with Crippen LogP contribution in [0, 0.1) is 6.92 Å². The first-order valence-electron chi connectivity index (χ1n) is 8.20. The van der Waals surface area contributed by atoms with Crippen LogP contribution in [0.1, 0.15) is 11.3 Å². The quantitative estimate of drug-likeness (QED) is 0.533. The van der Waals surface area contributed by atoms with E-state index in [9.17, 15) is 9.90 Å². The summed E-state index contributed by atoms with van der Waals surface area (Å²) in [5.74, 6) is -0.117. The Morgan fingerprint density at radius 3 is 2.85 bits per heavy atom. The zero-order chi connectivity index (χ0) is 18.1. The van der Waals surface area contributed by atoms with Crippen molar-refractivity contribution < 1.29 is 9.90 Å². The molecule has 0 bridgehead atoms. The average Bonchev–Trinajstić information content (AvgIpc) is 3.21. The van der Waals surface area contributed by atoms with E-state index in [4.69, 9.17) is 0 Å². The smallest absolute Gasteiger partial charge is 0.230 e. The summed E-state index contributed by atoms with van der Waals surface area (Å²) in [6.07, 6.45) is 2.16. The summed E-state index contributed by atoms with van der Waals surface area (Å²) in [6.45, 7) is 1.91. The van der Waals surface area contributed by atoms with Crippen molar-refractivity contribution in [3.05, 3.63) is 71.4 Å². The molecule has 0 atom stereocenters. The van der Waals surface area contributed by atoms with Crippen molar-refractivity contribution in [2.45, 2.75) is 13.3 Å². The molecule has 4 rings (SSSR count). The SMILES string of the molecule is Cc1ccc(O)c(NC(=O)Cc2csc3nc(-c4ccccc4)cn23)c1. The molecule has 26 heavy (non-hydrogen) atoms. The topological polar surface area (TPSA) is 66.6 Å². The summed E-state index contributed by atoms with van der Waals surface area (Å²) in [5, 5.41) is 14.6. The molecule has 2 heterocycles. The molecule has 2 N–H and O–H groups in total. The van der Waals surface area contributed by atoms with Gasteiger partial charge in [-0.25, -0.2) is 4.98 Å². The van der Waals surface area contributed by atoms with Crippen LogP contribution in [-0.4, -0.2) is 20.4 Å². The number of nitrogens with one attached hydrogen (secondary N) is 1. The lowest BCUT2D eigenvalue weighted by atomic mass is 10.2. The molecule has 1 amide bonds. The van der Waals surface area contributed by atoms with Crippen LogP contribution < -0.4 is 5.32 Å². The van der Waals surface area contributed by atoms with Crippen molar-refractivity contribution in [2.75, 3.05) is 5.32 Å². The normalized spacial score (nSPS) is 11.0. The van der Waals surface area contributed by atoms with Gasteiger partial charge in [0, 0.05) is 22.8 Å². The largest absolute Gasteiger partial charge is 0.506 e. The first kappa shape index (κ1) is 16.4. The van der Waals surface area contributed by atoms with Crippen LogP contribution in [-0.2, 0) is 11.2 Å². The Labute approximate surface area is 154 Å². The number of aryl methyl sites for hydroxylation is 1. The van der Waals surface area contributed by atoms with Gasteiger partial charge in [-0.3, -0.25) is 9.20 Å². The van der Waals surface area contributed by atoms with Gasteiger partial charge in [-0.15, -0.1) is 11.3 Å². The number of thiazole rings is 1. The Bertz CT molecular complexity index is 1080. The van der Waals surface area contributed by atoms with Gasteiger partial charge in [0.25, 0.3) is 0 Å². The highest BCUT2D eigenvalue weighted by molar-refractivity contribution is 7.15. The van der Waals surface area contributed by atoms with Crippen LogP contribution in [0.15, 0.2) is 60.1 Å². The van der Waals surface area contributed by atoms with Gasteiger partial charge in [-0.1, -0.05) is 36.4 Å². The second kappa shape index (κ2) is 6.65. The minimum Gasteiger partial charge on any atom is -0.506 e. The summed E-state index contributed by atoms with van der Waals surface area (Å²) < 4.78 is 1.95. The second-order valence-corrected chi connectivity index (χ2v) is 6.95. The summed E-state index contributed by atoms with van der Waals surface area (Å²) >= 11 is 1.51. The number of imidazole rings is 1. The van der Waals surface area contributed by atoms with E-state index in [2.05, 4.69) is 10.3 Å². The van der Waals surface area contributed by atoms with E-state index in [0.29, 0.717) is 5.69 Å². The number of benzene rings is 2. The molecule has 0 saturated heterocycles. The molecule has 0 unspecified atom stereocenters. The van der Waals surface area contributed by atoms with Gasteiger partial charge < -0.3 is 10.4 Å². The molecule has 0 radical (unpaired) electrons. The van der Waals surface area contributed by atoms with E-state index in [-0.39, 0.29) is 18.1 Å². The fraction of sp³-hybridized carbons (Fsp3) is 0.100. The van der Waals surface area contributed by atoms with E-state index >= 15 is 0 Å². The molecular formula is C20H17N3O2S. The van der Waals surface area contributed by atoms with Gasteiger partial charge in [-0.2, -0.15) is 0 Å². The Hall–Kier alpha value is -3.12. The molecule has 5 nitrogen and oxygen atoms in total. The third-order valence-electron chi connectivity index (χ3n) is 4.12. The molecule has 4 aromatic rings. The zero-order valence-electron chi connectivity index (χ0n) is 14.1. The van der Waals surface area contributed by atoms with Crippen molar-refractivity contribution >= 4 is 27.9 Å². The van der Waals surface area contributed by atoms with Crippen LogP contribution in [0.5, 0.6) is 5.75 Å². The summed E-state index contributed by atoms with van der Waals surface area (Å²) in [5.41, 5.74) is 4.19. The van der Waals surface area contributed by atoms with E-state index in [1.165, 1.54) is 11.3 Å². The van der Waals surface area contributed by atoms with Crippen LogP contribution in [0.2, 0.25) is 0 Å². The molecule has 0 aliphatic carbocycles. The first-order valence-corrected chi connectivity index (χ1v) is 9.08. The van der Waals surface area contributed by atoms with E-state index in [1.807, 2.05) is 53.2 Å². The summed E-state index contributed by atoms with van der Waals surface area (Å²) in [4.78, 5) is 17.9. The third-order valence-corrected chi connectivity index (χ3v) is 5.01. The minimum atomic E-state index is -0.180. The average molecular weight is 363 g/mol.